The molecule has 15 aromatic rings. The Morgan fingerprint density at radius 1 is 0.312 bits per heavy atom. The molecule has 0 fully saturated rings. The molecule has 0 atom stereocenters. The average Bonchev–Trinajstić information content (AvgIpc) is 0.831. The van der Waals surface area contributed by atoms with Gasteiger partial charge in [-0.15, -0.1) is 23.9 Å². The number of allylic oxidation sites excluding steroid dienone is 5. The number of nitriles is 3. The Balaban J connectivity index is 0.000000790. The molecule has 0 saturated heterocycles. The van der Waals surface area contributed by atoms with Crippen LogP contribution in [0.4, 0.5) is 0 Å². The fraction of sp³-hybridized carbons (Fsp3) is 0.0588. The van der Waals surface area contributed by atoms with Crippen LogP contribution < -0.4 is 172 Å². The molecule has 0 spiro atoms. The van der Waals surface area contributed by atoms with Crippen molar-refractivity contribution < 1.29 is 157 Å². The number of nitrogens with zero attached hydrogens (tertiary/aromatic N) is 3. The first kappa shape index (κ1) is 124. The third-order valence-electron chi connectivity index (χ3n) is 17.5. The summed E-state index contributed by atoms with van der Waals surface area (Å²) in [5.74, 6) is 22.1. The zero-order chi connectivity index (χ0) is 97.5. The van der Waals surface area contributed by atoms with E-state index in [1.807, 2.05) is 36.4 Å². The van der Waals surface area contributed by atoms with E-state index in [0.717, 1.165) is 18.2 Å². The molecule has 0 aromatic heterocycles. The molecule has 684 valence electrons. The SMILES string of the molecule is C#C/C=C\C#Cc1ccccc1C#N.C#Cc1ccccc1C#N.CO.C[Si](C)(C)C#C/C=C\C#Cc1ccccc1C#N.C[Si](C)(C)C#C/C=C\Cl.O=CO[O-].[Cu][I].[H-].[K+].[K+].[Pd].c1ccc(P(c2ccccc2)c2ccccc2)cc1.c1ccc(P(c2ccccc2)c2ccccc2)cc1.c1ccc(P(c2ccccc2)c2ccccc2)cc1.c1ccc(P(c2ccccc2)c2ccccc2)cc1. The molecule has 15 aromatic carbocycles. The van der Waals surface area contributed by atoms with Crippen molar-refractivity contribution in [3.8, 4) is 89.5 Å². The molecule has 15 rings (SSSR count). The van der Waals surface area contributed by atoms with Gasteiger partial charge in [0.15, 0.2) is 0 Å². The van der Waals surface area contributed by atoms with Gasteiger partial charge in [0, 0.05) is 49.8 Å². The van der Waals surface area contributed by atoms with Gasteiger partial charge in [-0.2, -0.15) is 15.8 Å². The summed E-state index contributed by atoms with van der Waals surface area (Å²) >= 11 is 11.1. The van der Waals surface area contributed by atoms with Gasteiger partial charge in [0.05, 0.1) is 16.7 Å². The average molecular weight is 2230 g/mol. The summed E-state index contributed by atoms with van der Waals surface area (Å²) in [6, 6.07) is 157. The van der Waals surface area contributed by atoms with Crippen molar-refractivity contribution in [2.45, 2.75) is 39.3 Å². The van der Waals surface area contributed by atoms with Crippen molar-refractivity contribution in [1.29, 1.82) is 15.8 Å². The van der Waals surface area contributed by atoms with Crippen LogP contribution in [0.25, 0.3) is 0 Å². The van der Waals surface area contributed by atoms with Crippen molar-refractivity contribution in [1.82, 2.24) is 0 Å². The topological polar surface area (TPSA) is 141 Å². The number of hydrogen-bond donors (Lipinski definition) is 1. The summed E-state index contributed by atoms with van der Waals surface area (Å²) in [6.07, 6.45) is 18.4. The van der Waals surface area contributed by atoms with Gasteiger partial charge in [0.2, 0.25) is 0 Å². The fourth-order valence-corrected chi connectivity index (χ4v) is 22.1. The minimum atomic E-state index is -1.30. The second-order valence-corrected chi connectivity index (χ2v) is 48.0. The van der Waals surface area contributed by atoms with Crippen LogP contribution in [0.5, 0.6) is 0 Å². The van der Waals surface area contributed by atoms with E-state index in [2.05, 4.69) is 492 Å². The smallest absolute Gasteiger partial charge is 1.00 e. The molecule has 138 heavy (non-hydrogen) atoms. The minimum Gasteiger partial charge on any atom is -1.00 e. The standard InChI is InChI=1S/4C18H15P.C16H15NSi.C13H7N.C9H5N.C7H11ClSi.CH2O3.CH4O.Cu.HI.2K.Pd.H/c4*1-4-10-16(11-5-1)19(17-12-6-2-7-13-17)18-14-8-3-9-15-18;1-18(2,3)13-9-5-4-6-10-15-11-7-8-12-16(15)14-17;1-2-3-4-5-8-12-9-6-7-10-13(12)11-14;1-2-8-5-3-4-6-9(8)7-10;1-9(2,3)7-5-4-6-8;2-1-4-3;1-2;;;;;;/h4*1-15H;4-5,7-8,11-12H,1-3H3;1,3-4,6-7,9-10H;1,3-6H;4,6H,1-3H3;1,3H;2H,1H3;;1H;;;;/q;;;;;;;;;;+1;;2*+1;;-1/p-2/b;;;;5-4-;4-3-;;6-4-;;;;;;;;. The molecular formula is C119H104ClCuIK2N3O4P4PdSi2. The number of carbonyl (C=O) groups excluding carboxylic acids is 1. The van der Waals surface area contributed by atoms with E-state index in [-0.39, 0.29) is 131 Å². The van der Waals surface area contributed by atoms with Gasteiger partial charge >= 0.3 is 136 Å². The van der Waals surface area contributed by atoms with Crippen molar-refractivity contribution in [2.24, 2.45) is 0 Å². The Bertz CT molecular complexity index is 5630. The number of aliphatic hydroxyl groups excluding tert-OH is 1. The Kier molecular flexibility index (Phi) is 70.4. The minimum absolute atomic E-state index is 0. The first-order valence-corrected chi connectivity index (χ1v) is 58.0. The summed E-state index contributed by atoms with van der Waals surface area (Å²) < 4.78 is 0. The van der Waals surface area contributed by atoms with E-state index >= 15 is 0 Å². The molecule has 0 radical (unpaired) electrons. The molecule has 7 nitrogen and oxygen atoms in total. The van der Waals surface area contributed by atoms with Crippen molar-refractivity contribution in [2.75, 3.05) is 7.11 Å². The van der Waals surface area contributed by atoms with Crippen LogP contribution in [0.1, 0.15) is 34.8 Å². The first-order chi connectivity index (χ1) is 66.1. The number of halogens is 2. The van der Waals surface area contributed by atoms with Crippen LogP contribution in [0.2, 0.25) is 39.3 Å². The van der Waals surface area contributed by atoms with E-state index in [1.54, 1.807) is 87.1 Å². The van der Waals surface area contributed by atoms with Crippen LogP contribution in [0, 0.1) is 105 Å². The molecule has 0 aliphatic carbocycles. The Hall–Kier alpha value is -9.63. The summed E-state index contributed by atoms with van der Waals surface area (Å²) in [5.41, 5.74) is 11.7. The maximum absolute atomic E-state index is 8.90. The molecule has 0 bridgehead atoms. The zero-order valence-electron chi connectivity index (χ0n) is 79.4. The van der Waals surface area contributed by atoms with Gasteiger partial charge < -0.3 is 16.7 Å². The van der Waals surface area contributed by atoms with Gasteiger partial charge in [-0.1, -0.05) is 499 Å². The van der Waals surface area contributed by atoms with Gasteiger partial charge in [-0.3, -0.25) is 4.79 Å². The molecule has 19 heteroatoms. The van der Waals surface area contributed by atoms with E-state index in [1.165, 1.54) is 75.3 Å². The van der Waals surface area contributed by atoms with Crippen LogP contribution in [0.15, 0.2) is 473 Å². The molecule has 1 N–H and O–H groups in total. The van der Waals surface area contributed by atoms with Gasteiger partial charge in [0.25, 0.3) is 6.47 Å². The second-order valence-electron chi connectivity index (χ2n) is 29.4. The van der Waals surface area contributed by atoms with Crippen LogP contribution in [-0.2, 0) is 42.9 Å². The number of aliphatic hydroxyl groups is 1. The zero-order valence-corrected chi connectivity index (χ0v) is 95.7. The Morgan fingerprint density at radius 3 is 0.630 bits per heavy atom. The molecule has 0 heterocycles. The monoisotopic (exact) mass is 2230 g/mol. The largest absolute Gasteiger partial charge is 1.00 e. The predicted octanol–water partition coefficient (Wildman–Crippen LogP) is 16.4. The summed E-state index contributed by atoms with van der Waals surface area (Å²) in [7, 11) is -3.25. The third-order valence-corrected chi connectivity index (χ3v) is 29.2. The molecule has 0 amide bonds. The van der Waals surface area contributed by atoms with Gasteiger partial charge in [0.1, 0.15) is 34.4 Å². The molecule has 0 unspecified atom stereocenters. The van der Waals surface area contributed by atoms with E-state index in [0.29, 0.717) is 22.3 Å². The van der Waals surface area contributed by atoms with Crippen molar-refractivity contribution in [3.05, 3.63) is 506 Å². The normalized spacial score (nSPS) is 9.51. The van der Waals surface area contributed by atoms with Crippen LogP contribution in [-0.4, -0.2) is 34.8 Å². The number of terminal acetylenes is 2. The van der Waals surface area contributed by atoms with Crippen molar-refractivity contribution in [3.63, 3.8) is 0 Å². The quantitative estimate of drug-likeness (QED) is 0.0230. The van der Waals surface area contributed by atoms with E-state index in [4.69, 9.17) is 55.4 Å². The number of rotatable bonds is 13. The van der Waals surface area contributed by atoms with Crippen LogP contribution in [0.3, 0.4) is 0 Å². The summed E-state index contributed by atoms with van der Waals surface area (Å²) in [5, 5.41) is 58.4. The Morgan fingerprint density at radius 2 is 0.471 bits per heavy atom. The molecule has 0 aliphatic heterocycles. The Labute approximate surface area is 952 Å². The first-order valence-electron chi connectivity index (χ1n) is 42.2. The number of hydrogen-bond acceptors (Lipinski definition) is 7. The van der Waals surface area contributed by atoms with E-state index < -0.39 is 47.8 Å². The number of carbonyl (C=O) groups is 1. The van der Waals surface area contributed by atoms with Gasteiger partial charge in [-0.25, -0.2) is 0 Å². The molecule has 0 saturated carbocycles. The summed E-state index contributed by atoms with van der Waals surface area (Å²) in [6.45, 7) is 13.0. The van der Waals surface area contributed by atoms with Gasteiger partial charge in [-0.05, 0) is 162 Å². The summed E-state index contributed by atoms with van der Waals surface area (Å²) in [4.78, 5) is 11.2. The van der Waals surface area contributed by atoms with E-state index in [9.17, 15) is 0 Å². The molecule has 0 aliphatic rings. The molecular weight excluding hydrogens is 2130 g/mol. The second kappa shape index (κ2) is 78.1. The third kappa shape index (κ3) is 50.5. The maximum Gasteiger partial charge on any atom is 1.00 e. The van der Waals surface area contributed by atoms with Crippen molar-refractivity contribution >= 4 is 150 Å². The van der Waals surface area contributed by atoms with Crippen LogP contribution >= 0.6 is 63.6 Å². The number of benzene rings is 15. The predicted molar refractivity (Wildman–Crippen MR) is 591 cm³/mol. The fourth-order valence-electron chi connectivity index (χ4n) is 11.8. The maximum atomic E-state index is 8.90.